The Hall–Kier alpha value is -1.75. The standard InChI is InChI=1S/C10H5F6N/c11-9(12,13)7-3-1-2-6(4-7)8(5-17)10(14,15)16/h1-4,17H. The summed E-state index contributed by atoms with van der Waals surface area (Å²) in [5, 5.41) is 6.49. The van der Waals surface area contributed by atoms with Crippen LogP contribution in [0.15, 0.2) is 24.3 Å². The summed E-state index contributed by atoms with van der Waals surface area (Å²) in [5.74, 6) is 1.11. The van der Waals surface area contributed by atoms with E-state index in [-0.39, 0.29) is 0 Å². The number of allylic oxidation sites excluding steroid dienone is 1. The van der Waals surface area contributed by atoms with Crippen LogP contribution >= 0.6 is 0 Å². The molecule has 1 N–H and O–H groups in total. The topological polar surface area (TPSA) is 23.9 Å². The first-order chi connectivity index (χ1) is 7.66. The van der Waals surface area contributed by atoms with Crippen molar-refractivity contribution in [3.8, 4) is 0 Å². The van der Waals surface area contributed by atoms with E-state index in [1.54, 1.807) is 0 Å². The zero-order valence-corrected chi connectivity index (χ0v) is 8.08. The highest BCUT2D eigenvalue weighted by Gasteiger charge is 2.37. The maximum Gasteiger partial charge on any atom is 0.425 e. The monoisotopic (exact) mass is 253 g/mol. The van der Waals surface area contributed by atoms with Crippen LogP contribution in [0, 0.1) is 5.41 Å². The molecule has 92 valence electrons. The average molecular weight is 253 g/mol. The molecule has 0 fully saturated rings. The van der Waals surface area contributed by atoms with E-state index in [9.17, 15) is 26.3 Å². The van der Waals surface area contributed by atoms with Gasteiger partial charge in [0.25, 0.3) is 0 Å². The molecule has 0 saturated heterocycles. The Morgan fingerprint density at radius 1 is 1.06 bits per heavy atom. The molecule has 0 bridgehead atoms. The third kappa shape index (κ3) is 3.10. The fraction of sp³-hybridized carbons (Fsp3) is 0.200. The second-order valence-electron chi connectivity index (χ2n) is 3.08. The van der Waals surface area contributed by atoms with E-state index in [2.05, 4.69) is 0 Å². The predicted molar refractivity (Wildman–Crippen MR) is 48.6 cm³/mol. The quantitative estimate of drug-likeness (QED) is 0.579. The summed E-state index contributed by atoms with van der Waals surface area (Å²) in [6.07, 6.45) is -9.64. The van der Waals surface area contributed by atoms with Crippen molar-refractivity contribution in [1.29, 1.82) is 5.41 Å². The second kappa shape index (κ2) is 4.25. The highest BCUT2D eigenvalue weighted by atomic mass is 19.4. The van der Waals surface area contributed by atoms with Crippen LogP contribution in [0.5, 0.6) is 0 Å². The third-order valence-electron chi connectivity index (χ3n) is 1.89. The fourth-order valence-corrected chi connectivity index (χ4v) is 1.16. The maximum atomic E-state index is 12.3. The number of rotatable bonds is 1. The van der Waals surface area contributed by atoms with E-state index in [4.69, 9.17) is 5.41 Å². The summed E-state index contributed by atoms with van der Waals surface area (Å²) in [7, 11) is 0. The number of benzene rings is 1. The number of hydrogen-bond donors (Lipinski definition) is 1. The molecule has 7 heteroatoms. The van der Waals surface area contributed by atoms with Gasteiger partial charge in [0.15, 0.2) is 0 Å². The lowest BCUT2D eigenvalue weighted by atomic mass is 10.0. The molecule has 1 rings (SSSR count). The minimum atomic E-state index is -4.91. The molecule has 0 unspecified atom stereocenters. The molecule has 0 atom stereocenters. The summed E-state index contributed by atoms with van der Waals surface area (Å²) >= 11 is 0. The van der Waals surface area contributed by atoms with Gasteiger partial charge in [0.05, 0.1) is 5.56 Å². The van der Waals surface area contributed by atoms with Crippen LogP contribution in [0.3, 0.4) is 0 Å². The number of hydrogen-bond acceptors (Lipinski definition) is 1. The Bertz CT molecular complexity index is 464. The summed E-state index contributed by atoms with van der Waals surface area (Å²) in [6, 6.07) is 2.69. The van der Waals surface area contributed by atoms with Gasteiger partial charge < -0.3 is 0 Å². The number of alkyl halides is 6. The molecule has 1 aromatic rings. The molecule has 1 aromatic carbocycles. The first-order valence-electron chi connectivity index (χ1n) is 4.21. The minimum Gasteiger partial charge on any atom is -0.258 e. The zero-order valence-electron chi connectivity index (χ0n) is 8.08. The van der Waals surface area contributed by atoms with Crippen molar-refractivity contribution in [2.75, 3.05) is 0 Å². The van der Waals surface area contributed by atoms with E-state index in [0.29, 0.717) is 12.1 Å². The van der Waals surface area contributed by atoms with Gasteiger partial charge >= 0.3 is 12.4 Å². The van der Waals surface area contributed by atoms with Gasteiger partial charge in [-0.1, -0.05) is 12.1 Å². The molecule has 0 aliphatic rings. The average Bonchev–Trinajstić information content (AvgIpc) is 2.15. The second-order valence-corrected chi connectivity index (χ2v) is 3.08. The van der Waals surface area contributed by atoms with Gasteiger partial charge in [-0.25, -0.2) is 0 Å². The highest BCUT2D eigenvalue weighted by molar-refractivity contribution is 5.91. The Morgan fingerprint density at radius 2 is 1.65 bits per heavy atom. The summed E-state index contributed by atoms with van der Waals surface area (Å²) in [6.45, 7) is 0. The molecule has 0 spiro atoms. The molecule has 0 saturated carbocycles. The van der Waals surface area contributed by atoms with Crippen molar-refractivity contribution in [1.82, 2.24) is 0 Å². The Morgan fingerprint density at radius 3 is 2.06 bits per heavy atom. The molecule has 1 nitrogen and oxygen atoms in total. The molecule has 0 amide bonds. The molecule has 0 radical (unpaired) electrons. The molecular formula is C10H5F6N. The van der Waals surface area contributed by atoms with Crippen LogP contribution in [0.4, 0.5) is 26.3 Å². The van der Waals surface area contributed by atoms with Gasteiger partial charge in [-0.3, -0.25) is 5.41 Å². The van der Waals surface area contributed by atoms with Crippen molar-refractivity contribution in [2.45, 2.75) is 12.4 Å². The van der Waals surface area contributed by atoms with E-state index in [0.717, 1.165) is 18.0 Å². The maximum absolute atomic E-state index is 12.3. The van der Waals surface area contributed by atoms with Crippen LogP contribution in [0.25, 0.3) is 5.57 Å². The molecule has 17 heavy (non-hydrogen) atoms. The van der Waals surface area contributed by atoms with E-state index < -0.39 is 29.1 Å². The fourth-order valence-electron chi connectivity index (χ4n) is 1.16. The number of nitrogens with one attached hydrogen (secondary N) is 1. The van der Waals surface area contributed by atoms with E-state index >= 15 is 0 Å². The summed E-state index contributed by atoms with van der Waals surface area (Å²) in [5.41, 5.74) is -3.47. The lowest BCUT2D eigenvalue weighted by molar-refractivity contribution is -0.137. The molecular weight excluding hydrogens is 248 g/mol. The highest BCUT2D eigenvalue weighted by Crippen LogP contribution is 2.35. The van der Waals surface area contributed by atoms with Crippen molar-refractivity contribution >= 4 is 11.4 Å². The Labute approximate surface area is 91.9 Å². The van der Waals surface area contributed by atoms with Crippen molar-refractivity contribution in [2.24, 2.45) is 0 Å². The lowest BCUT2D eigenvalue weighted by Gasteiger charge is -2.11. The lowest BCUT2D eigenvalue weighted by Crippen LogP contribution is -2.12. The predicted octanol–water partition coefficient (Wildman–Crippen LogP) is 3.90. The van der Waals surface area contributed by atoms with Gasteiger partial charge in [-0.2, -0.15) is 26.3 Å². The smallest absolute Gasteiger partial charge is 0.258 e. The summed E-state index contributed by atoms with van der Waals surface area (Å²) < 4.78 is 73.8. The largest absolute Gasteiger partial charge is 0.425 e. The molecule has 0 aliphatic heterocycles. The van der Waals surface area contributed by atoms with Gasteiger partial charge in [0.1, 0.15) is 5.57 Å². The van der Waals surface area contributed by atoms with E-state index in [1.165, 1.54) is 0 Å². The molecule has 0 aromatic heterocycles. The normalized spacial score (nSPS) is 12.1. The van der Waals surface area contributed by atoms with Crippen LogP contribution in [-0.4, -0.2) is 12.0 Å². The van der Waals surface area contributed by atoms with Crippen molar-refractivity contribution in [3.05, 3.63) is 35.4 Å². The van der Waals surface area contributed by atoms with Gasteiger partial charge in [-0.05, 0) is 23.6 Å². The Balaban J connectivity index is 3.30. The Kier molecular flexibility index (Phi) is 3.33. The third-order valence-corrected chi connectivity index (χ3v) is 1.89. The SMILES string of the molecule is N=C=C(c1cccc(C(F)(F)F)c1)C(F)(F)F. The first-order valence-corrected chi connectivity index (χ1v) is 4.21. The summed E-state index contributed by atoms with van der Waals surface area (Å²) in [4.78, 5) is 0. The zero-order chi connectivity index (χ0) is 13.3. The van der Waals surface area contributed by atoms with Crippen molar-refractivity contribution < 1.29 is 26.3 Å². The minimum absolute atomic E-state index is 0.338. The van der Waals surface area contributed by atoms with Crippen LogP contribution < -0.4 is 0 Å². The molecule has 0 heterocycles. The van der Waals surface area contributed by atoms with Crippen LogP contribution in [0.2, 0.25) is 0 Å². The van der Waals surface area contributed by atoms with E-state index in [1.807, 2.05) is 0 Å². The first kappa shape index (κ1) is 13.3. The van der Waals surface area contributed by atoms with Gasteiger partial charge in [0.2, 0.25) is 0 Å². The van der Waals surface area contributed by atoms with Crippen LogP contribution in [0.1, 0.15) is 11.1 Å². The number of halogens is 6. The van der Waals surface area contributed by atoms with Crippen LogP contribution in [-0.2, 0) is 6.18 Å². The molecule has 0 aliphatic carbocycles. The van der Waals surface area contributed by atoms with Gasteiger partial charge in [0, 0.05) is 0 Å². The van der Waals surface area contributed by atoms with Crippen molar-refractivity contribution in [3.63, 3.8) is 0 Å². The van der Waals surface area contributed by atoms with Gasteiger partial charge in [-0.15, -0.1) is 0 Å².